The molecule has 1 aromatic rings. The topological polar surface area (TPSA) is 78.3 Å². The smallest absolute Gasteiger partial charge is 0.356 e. The van der Waals surface area contributed by atoms with Gasteiger partial charge >= 0.3 is 5.97 Å². The number of nitrogens with zero attached hydrogens (tertiary/aromatic N) is 3. The molecule has 0 aliphatic carbocycles. The Hall–Kier alpha value is -1.69. The summed E-state index contributed by atoms with van der Waals surface area (Å²) in [6.45, 7) is 3.73. The van der Waals surface area contributed by atoms with Gasteiger partial charge in [-0.1, -0.05) is 0 Å². The molecule has 16 heavy (non-hydrogen) atoms. The average Bonchev–Trinajstić information content (AvgIpc) is 2.57. The fourth-order valence-electron chi connectivity index (χ4n) is 1.67. The second-order valence-corrected chi connectivity index (χ2v) is 3.66. The van der Waals surface area contributed by atoms with E-state index in [0.29, 0.717) is 0 Å². The third-order valence-corrected chi connectivity index (χ3v) is 2.52. The lowest BCUT2D eigenvalue weighted by molar-refractivity contribution is 0.0690. The predicted molar refractivity (Wildman–Crippen MR) is 58.7 cm³/mol. The normalized spacial score (nSPS) is 16.9. The van der Waals surface area contributed by atoms with Crippen molar-refractivity contribution >= 4 is 11.8 Å². The summed E-state index contributed by atoms with van der Waals surface area (Å²) in [6, 6.07) is 0. The molecule has 0 saturated carbocycles. The molecule has 1 fully saturated rings. The summed E-state index contributed by atoms with van der Waals surface area (Å²) >= 11 is 0. The minimum absolute atomic E-state index is 0.0169. The number of aromatic nitrogens is 2. The van der Waals surface area contributed by atoms with Gasteiger partial charge in [-0.15, -0.1) is 0 Å². The first-order valence-electron chi connectivity index (χ1n) is 5.28. The first-order valence-corrected chi connectivity index (χ1v) is 5.28. The highest BCUT2D eigenvalue weighted by atomic mass is 16.4. The maximum Gasteiger partial charge on any atom is 0.356 e. The van der Waals surface area contributed by atoms with Crippen LogP contribution in [-0.2, 0) is 0 Å². The zero-order valence-electron chi connectivity index (χ0n) is 8.89. The Morgan fingerprint density at radius 1 is 1.31 bits per heavy atom. The Balaban J connectivity index is 2.10. The van der Waals surface area contributed by atoms with Crippen molar-refractivity contribution < 1.29 is 9.90 Å². The minimum atomic E-state index is -1.04. The van der Waals surface area contributed by atoms with Gasteiger partial charge in [0.2, 0.25) is 0 Å². The largest absolute Gasteiger partial charge is 0.476 e. The molecule has 2 rings (SSSR count). The maximum atomic E-state index is 10.6. The number of carbonyl (C=O) groups is 1. The summed E-state index contributed by atoms with van der Waals surface area (Å²) in [6.07, 6.45) is 3.88. The number of carboxylic acid groups (broad SMARTS) is 1. The van der Waals surface area contributed by atoms with Gasteiger partial charge in [-0.2, -0.15) is 0 Å². The molecule has 1 aliphatic rings. The SMILES string of the molecule is O=C(O)c1cnc(N2CCCNCC2)cn1. The lowest BCUT2D eigenvalue weighted by Gasteiger charge is -2.20. The Morgan fingerprint density at radius 3 is 2.88 bits per heavy atom. The molecule has 2 heterocycles. The van der Waals surface area contributed by atoms with E-state index in [-0.39, 0.29) is 5.69 Å². The first-order chi connectivity index (χ1) is 7.77. The van der Waals surface area contributed by atoms with Gasteiger partial charge in [0.15, 0.2) is 5.69 Å². The standard InChI is InChI=1S/C10H14N4O2/c15-10(16)8-6-13-9(7-12-8)14-4-1-2-11-3-5-14/h6-7,11H,1-5H2,(H,15,16). The van der Waals surface area contributed by atoms with Crippen molar-refractivity contribution in [3.05, 3.63) is 18.1 Å². The molecule has 6 nitrogen and oxygen atoms in total. The number of hydrogen-bond donors (Lipinski definition) is 2. The molecule has 0 atom stereocenters. The van der Waals surface area contributed by atoms with Gasteiger partial charge < -0.3 is 15.3 Å². The second-order valence-electron chi connectivity index (χ2n) is 3.66. The van der Waals surface area contributed by atoms with Gasteiger partial charge in [0.05, 0.1) is 12.4 Å². The Labute approximate surface area is 93.3 Å². The molecule has 0 unspecified atom stereocenters. The highest BCUT2D eigenvalue weighted by molar-refractivity contribution is 5.84. The van der Waals surface area contributed by atoms with E-state index in [1.54, 1.807) is 0 Å². The monoisotopic (exact) mass is 222 g/mol. The number of nitrogens with one attached hydrogen (secondary N) is 1. The van der Waals surface area contributed by atoms with E-state index in [1.165, 1.54) is 12.4 Å². The van der Waals surface area contributed by atoms with Gasteiger partial charge in [0.1, 0.15) is 5.82 Å². The minimum Gasteiger partial charge on any atom is -0.476 e. The van der Waals surface area contributed by atoms with Crippen molar-refractivity contribution in [1.29, 1.82) is 0 Å². The predicted octanol–water partition coefficient (Wildman–Crippen LogP) is -0.0255. The van der Waals surface area contributed by atoms with Crippen LogP contribution in [0.3, 0.4) is 0 Å². The molecule has 1 aromatic heterocycles. The van der Waals surface area contributed by atoms with Crippen LogP contribution in [0, 0.1) is 0 Å². The summed E-state index contributed by atoms with van der Waals surface area (Å²) in [4.78, 5) is 20.7. The van der Waals surface area contributed by atoms with E-state index in [0.717, 1.165) is 38.4 Å². The van der Waals surface area contributed by atoms with Crippen molar-refractivity contribution in [3.8, 4) is 0 Å². The Kier molecular flexibility index (Phi) is 3.31. The van der Waals surface area contributed by atoms with Crippen molar-refractivity contribution in [1.82, 2.24) is 15.3 Å². The van der Waals surface area contributed by atoms with Crippen LogP contribution in [0.25, 0.3) is 0 Å². The molecule has 1 aliphatic heterocycles. The van der Waals surface area contributed by atoms with Crippen molar-refractivity contribution in [2.45, 2.75) is 6.42 Å². The molecule has 1 saturated heterocycles. The number of anilines is 1. The van der Waals surface area contributed by atoms with Crippen LogP contribution in [0.5, 0.6) is 0 Å². The molecule has 86 valence electrons. The summed E-state index contributed by atoms with van der Waals surface area (Å²) in [5, 5.41) is 12.0. The zero-order chi connectivity index (χ0) is 11.4. The third kappa shape index (κ3) is 2.46. The van der Waals surface area contributed by atoms with E-state index >= 15 is 0 Å². The molecule has 0 radical (unpaired) electrons. The van der Waals surface area contributed by atoms with Gasteiger partial charge in [-0.05, 0) is 13.0 Å². The van der Waals surface area contributed by atoms with Crippen LogP contribution < -0.4 is 10.2 Å². The molecule has 0 aromatic carbocycles. The van der Waals surface area contributed by atoms with Crippen LogP contribution in [0.1, 0.15) is 16.9 Å². The van der Waals surface area contributed by atoms with E-state index in [1.807, 2.05) is 0 Å². The van der Waals surface area contributed by atoms with Crippen LogP contribution in [-0.4, -0.2) is 47.2 Å². The number of aromatic carboxylic acids is 1. The van der Waals surface area contributed by atoms with Crippen molar-refractivity contribution in [3.63, 3.8) is 0 Å². The molecule has 0 bridgehead atoms. The highest BCUT2D eigenvalue weighted by Crippen LogP contribution is 2.10. The van der Waals surface area contributed by atoms with Crippen molar-refractivity contribution in [2.24, 2.45) is 0 Å². The highest BCUT2D eigenvalue weighted by Gasteiger charge is 2.12. The fraction of sp³-hybridized carbons (Fsp3) is 0.500. The second kappa shape index (κ2) is 4.89. The van der Waals surface area contributed by atoms with Gasteiger partial charge in [0, 0.05) is 19.6 Å². The Morgan fingerprint density at radius 2 is 2.19 bits per heavy atom. The van der Waals surface area contributed by atoms with Crippen molar-refractivity contribution in [2.75, 3.05) is 31.1 Å². The molecule has 0 spiro atoms. The Bertz CT molecular complexity index is 358. The quantitative estimate of drug-likeness (QED) is 0.732. The summed E-state index contributed by atoms with van der Waals surface area (Å²) in [5.41, 5.74) is -0.0169. The van der Waals surface area contributed by atoms with Gasteiger partial charge in [0.25, 0.3) is 0 Å². The van der Waals surface area contributed by atoms with E-state index in [4.69, 9.17) is 5.11 Å². The molecular formula is C10H14N4O2. The fourth-order valence-corrected chi connectivity index (χ4v) is 1.67. The summed E-state index contributed by atoms with van der Waals surface area (Å²) < 4.78 is 0. The van der Waals surface area contributed by atoms with Gasteiger partial charge in [-0.3, -0.25) is 0 Å². The summed E-state index contributed by atoms with van der Waals surface area (Å²) in [7, 11) is 0. The lowest BCUT2D eigenvalue weighted by Crippen LogP contribution is -2.28. The molecule has 0 amide bonds. The van der Waals surface area contributed by atoms with Crippen LogP contribution in [0.15, 0.2) is 12.4 Å². The third-order valence-electron chi connectivity index (χ3n) is 2.52. The number of rotatable bonds is 2. The molecular weight excluding hydrogens is 208 g/mol. The van der Waals surface area contributed by atoms with E-state index in [2.05, 4.69) is 20.2 Å². The van der Waals surface area contributed by atoms with Crippen LogP contribution in [0.2, 0.25) is 0 Å². The maximum absolute atomic E-state index is 10.6. The average molecular weight is 222 g/mol. The lowest BCUT2D eigenvalue weighted by atomic mass is 10.4. The number of carboxylic acids is 1. The molecule has 2 N–H and O–H groups in total. The van der Waals surface area contributed by atoms with E-state index in [9.17, 15) is 4.79 Å². The van der Waals surface area contributed by atoms with Gasteiger partial charge in [-0.25, -0.2) is 14.8 Å². The first kappa shape index (κ1) is 10.8. The number of hydrogen-bond acceptors (Lipinski definition) is 5. The molecule has 6 heteroatoms. The van der Waals surface area contributed by atoms with E-state index < -0.39 is 5.97 Å². The van der Waals surface area contributed by atoms with Crippen LogP contribution in [0.4, 0.5) is 5.82 Å². The van der Waals surface area contributed by atoms with Crippen LogP contribution >= 0.6 is 0 Å². The zero-order valence-corrected chi connectivity index (χ0v) is 8.89. The summed E-state index contributed by atoms with van der Waals surface area (Å²) in [5.74, 6) is -0.301.